The molecule has 118 valence electrons. The maximum Gasteiger partial charge on any atom is 0.162 e. The lowest BCUT2D eigenvalue weighted by atomic mass is 9.78. The summed E-state index contributed by atoms with van der Waals surface area (Å²) in [6, 6.07) is 0. The third-order valence-electron chi connectivity index (χ3n) is 4.69. The van der Waals surface area contributed by atoms with Crippen LogP contribution in [0.2, 0.25) is 0 Å². The third kappa shape index (κ3) is 3.37. The molecule has 1 aliphatic rings. The third-order valence-corrected chi connectivity index (χ3v) is 4.69. The minimum atomic E-state index is -0.307. The summed E-state index contributed by atoms with van der Waals surface area (Å²) in [4.78, 5) is 9.59. The Balaban J connectivity index is 2.39. The van der Waals surface area contributed by atoms with E-state index in [1.807, 2.05) is 0 Å². The Hall–Kier alpha value is -1.16. The first-order valence-corrected chi connectivity index (χ1v) is 8.17. The zero-order valence-electron chi connectivity index (χ0n) is 14.1. The number of ether oxygens (including phenoxy) is 1. The van der Waals surface area contributed by atoms with Crippen molar-refractivity contribution >= 4 is 5.82 Å². The fraction of sp³-hybridized carbons (Fsp3) is 0.765. The number of hydrogen-bond donors (Lipinski definition) is 1. The molecule has 2 atom stereocenters. The minimum absolute atomic E-state index is 0.307. The molecule has 0 spiro atoms. The van der Waals surface area contributed by atoms with Crippen molar-refractivity contribution in [1.29, 1.82) is 0 Å². The van der Waals surface area contributed by atoms with Gasteiger partial charge in [-0.1, -0.05) is 20.3 Å². The molecule has 4 nitrogen and oxygen atoms in total. The van der Waals surface area contributed by atoms with Gasteiger partial charge >= 0.3 is 0 Å². The van der Waals surface area contributed by atoms with Crippen molar-refractivity contribution in [3.05, 3.63) is 17.1 Å². The highest BCUT2D eigenvalue weighted by Gasteiger charge is 2.39. The van der Waals surface area contributed by atoms with Crippen molar-refractivity contribution in [1.82, 2.24) is 9.97 Å². The summed E-state index contributed by atoms with van der Waals surface area (Å²) in [6.45, 7) is 9.54. The van der Waals surface area contributed by atoms with Crippen LogP contribution >= 0.6 is 0 Å². The minimum Gasteiger partial charge on any atom is -0.370 e. The number of aryl methyl sites for hydroxylation is 1. The Morgan fingerprint density at radius 2 is 2.10 bits per heavy atom. The molecule has 0 saturated heterocycles. The second-order valence-corrected chi connectivity index (χ2v) is 6.43. The van der Waals surface area contributed by atoms with Crippen LogP contribution in [0.4, 0.5) is 5.82 Å². The average Bonchev–Trinajstić information content (AvgIpc) is 2.48. The van der Waals surface area contributed by atoms with E-state index in [0.29, 0.717) is 5.92 Å². The lowest BCUT2D eigenvalue weighted by Crippen LogP contribution is -2.36. The predicted octanol–water partition coefficient (Wildman–Crippen LogP) is 3.97. The van der Waals surface area contributed by atoms with E-state index < -0.39 is 0 Å². The molecule has 1 aliphatic carbocycles. The largest absolute Gasteiger partial charge is 0.370 e. The lowest BCUT2D eigenvalue weighted by Gasteiger charge is -2.38. The molecule has 1 aromatic heterocycles. The average molecular weight is 291 g/mol. The van der Waals surface area contributed by atoms with Crippen LogP contribution in [-0.2, 0) is 10.3 Å². The standard InChI is InChI=1S/C17H29N3O/c1-6-10-18-15-13(3)14(4)19-16(20-15)17(21-5)9-7-8-12(2)11-17/h12H,6-11H2,1-5H3,(H,18,19,20). The summed E-state index contributed by atoms with van der Waals surface area (Å²) in [7, 11) is 1.80. The van der Waals surface area contributed by atoms with Gasteiger partial charge in [-0.3, -0.25) is 0 Å². The number of nitrogens with zero attached hydrogens (tertiary/aromatic N) is 2. The van der Waals surface area contributed by atoms with Crippen LogP contribution in [0.1, 0.15) is 63.0 Å². The molecule has 1 fully saturated rings. The van der Waals surface area contributed by atoms with Crippen LogP contribution in [-0.4, -0.2) is 23.6 Å². The number of rotatable bonds is 5. The zero-order valence-corrected chi connectivity index (χ0v) is 14.1. The molecule has 0 amide bonds. The Labute approximate surface area is 128 Å². The molecule has 1 saturated carbocycles. The molecule has 0 aliphatic heterocycles. The molecule has 2 rings (SSSR count). The summed E-state index contributed by atoms with van der Waals surface area (Å²) in [6.07, 6.45) is 5.58. The van der Waals surface area contributed by atoms with Gasteiger partial charge in [0.25, 0.3) is 0 Å². The van der Waals surface area contributed by atoms with Crippen molar-refractivity contribution in [2.24, 2.45) is 5.92 Å². The molecular weight excluding hydrogens is 262 g/mol. The summed E-state index contributed by atoms with van der Waals surface area (Å²) in [5, 5.41) is 3.43. The summed E-state index contributed by atoms with van der Waals surface area (Å²) < 4.78 is 5.94. The van der Waals surface area contributed by atoms with Gasteiger partial charge in [-0.2, -0.15) is 0 Å². The molecule has 1 heterocycles. The molecule has 21 heavy (non-hydrogen) atoms. The number of nitrogens with one attached hydrogen (secondary N) is 1. The van der Waals surface area contributed by atoms with E-state index in [0.717, 1.165) is 48.7 Å². The van der Waals surface area contributed by atoms with Crippen LogP contribution in [0.3, 0.4) is 0 Å². The van der Waals surface area contributed by atoms with Crippen molar-refractivity contribution in [2.75, 3.05) is 19.0 Å². The highest BCUT2D eigenvalue weighted by atomic mass is 16.5. The van der Waals surface area contributed by atoms with Gasteiger partial charge in [-0.15, -0.1) is 0 Å². The zero-order chi connectivity index (χ0) is 15.5. The molecular formula is C17H29N3O. The van der Waals surface area contributed by atoms with E-state index in [1.165, 1.54) is 12.8 Å². The van der Waals surface area contributed by atoms with Gasteiger partial charge in [0.15, 0.2) is 5.82 Å². The van der Waals surface area contributed by atoms with Gasteiger partial charge < -0.3 is 10.1 Å². The molecule has 0 bridgehead atoms. The Morgan fingerprint density at radius 3 is 2.71 bits per heavy atom. The molecule has 1 N–H and O–H groups in total. The van der Waals surface area contributed by atoms with E-state index in [1.54, 1.807) is 7.11 Å². The number of methoxy groups -OCH3 is 1. The number of anilines is 1. The van der Waals surface area contributed by atoms with Crippen molar-refractivity contribution in [2.45, 2.75) is 65.4 Å². The highest BCUT2D eigenvalue weighted by molar-refractivity contribution is 5.46. The van der Waals surface area contributed by atoms with Gasteiger partial charge in [0.1, 0.15) is 11.4 Å². The summed E-state index contributed by atoms with van der Waals surface area (Å²) in [5.41, 5.74) is 1.88. The highest BCUT2D eigenvalue weighted by Crippen LogP contribution is 2.41. The maximum atomic E-state index is 5.94. The predicted molar refractivity (Wildman–Crippen MR) is 86.6 cm³/mol. The van der Waals surface area contributed by atoms with E-state index in [9.17, 15) is 0 Å². The summed E-state index contributed by atoms with van der Waals surface area (Å²) >= 11 is 0. The van der Waals surface area contributed by atoms with Gasteiger partial charge in [0.2, 0.25) is 0 Å². The lowest BCUT2D eigenvalue weighted by molar-refractivity contribution is -0.0646. The second kappa shape index (κ2) is 6.73. The van der Waals surface area contributed by atoms with Crippen molar-refractivity contribution in [3.63, 3.8) is 0 Å². The summed E-state index contributed by atoms with van der Waals surface area (Å²) in [5.74, 6) is 2.49. The smallest absolute Gasteiger partial charge is 0.162 e. The van der Waals surface area contributed by atoms with Crippen LogP contribution in [0.25, 0.3) is 0 Å². The van der Waals surface area contributed by atoms with E-state index >= 15 is 0 Å². The molecule has 0 aromatic carbocycles. The molecule has 2 unspecified atom stereocenters. The SMILES string of the molecule is CCCNc1nc(C2(OC)CCCC(C)C2)nc(C)c1C. The van der Waals surface area contributed by atoms with Gasteiger partial charge in [-0.05, 0) is 45.4 Å². The van der Waals surface area contributed by atoms with Gasteiger partial charge in [0.05, 0.1) is 0 Å². The van der Waals surface area contributed by atoms with Crippen LogP contribution in [0.15, 0.2) is 0 Å². The van der Waals surface area contributed by atoms with Gasteiger partial charge in [0, 0.05) is 24.9 Å². The number of hydrogen-bond acceptors (Lipinski definition) is 4. The van der Waals surface area contributed by atoms with Crippen molar-refractivity contribution < 1.29 is 4.74 Å². The van der Waals surface area contributed by atoms with Crippen molar-refractivity contribution in [3.8, 4) is 0 Å². The van der Waals surface area contributed by atoms with E-state index in [4.69, 9.17) is 14.7 Å². The first-order valence-electron chi connectivity index (χ1n) is 8.17. The number of aromatic nitrogens is 2. The fourth-order valence-corrected chi connectivity index (χ4v) is 3.23. The molecule has 4 heteroatoms. The first-order chi connectivity index (χ1) is 10.0. The Kier molecular flexibility index (Phi) is 5.20. The molecule has 0 radical (unpaired) electrons. The van der Waals surface area contributed by atoms with Crippen LogP contribution < -0.4 is 5.32 Å². The molecule has 1 aromatic rings. The van der Waals surface area contributed by atoms with Crippen LogP contribution in [0, 0.1) is 19.8 Å². The van der Waals surface area contributed by atoms with E-state index in [2.05, 4.69) is 33.0 Å². The first kappa shape index (κ1) is 16.2. The van der Waals surface area contributed by atoms with Crippen LogP contribution in [0.5, 0.6) is 0 Å². The maximum absolute atomic E-state index is 5.94. The normalized spacial score (nSPS) is 25.9. The Bertz CT molecular complexity index is 489. The quantitative estimate of drug-likeness (QED) is 0.891. The monoisotopic (exact) mass is 291 g/mol. The topological polar surface area (TPSA) is 47.0 Å². The fourth-order valence-electron chi connectivity index (χ4n) is 3.23. The van der Waals surface area contributed by atoms with Gasteiger partial charge in [-0.25, -0.2) is 9.97 Å². The Morgan fingerprint density at radius 1 is 1.33 bits per heavy atom. The van der Waals surface area contributed by atoms with E-state index in [-0.39, 0.29) is 5.60 Å². The second-order valence-electron chi connectivity index (χ2n) is 6.43.